The van der Waals surface area contributed by atoms with Crippen LogP contribution in [0.15, 0.2) is 15.8 Å². The third-order valence-corrected chi connectivity index (χ3v) is 3.60. The van der Waals surface area contributed by atoms with Crippen molar-refractivity contribution in [1.29, 1.82) is 0 Å². The Kier molecular flexibility index (Phi) is 3.17. The number of aromatic amines is 1. The number of hydrogen-bond acceptors (Lipinski definition) is 5. The van der Waals surface area contributed by atoms with Gasteiger partial charge in [-0.1, -0.05) is 0 Å². The number of aliphatic hydroxyl groups is 1. The molecule has 1 fully saturated rings. The summed E-state index contributed by atoms with van der Waals surface area (Å²) in [6.45, 7) is 1.90. The topological polar surface area (TPSA) is 84.3 Å². The first-order valence-electron chi connectivity index (χ1n) is 4.82. The van der Waals surface area contributed by atoms with Gasteiger partial charge in [0.2, 0.25) is 0 Å². The zero-order chi connectivity index (χ0) is 11.7. The number of thioether (sulfide) groups is 1. The standard InChI is InChI=1S/C9H12N2O4S/c1-5-2-11(9(14)10-8(5)13)6-4-15-7(3-12)16-6/h2,6-7,12H,3-4H2,1H3,(H,10,13,14)/t6-,7?/m0/s1. The van der Waals surface area contributed by atoms with E-state index in [1.165, 1.54) is 22.5 Å². The lowest BCUT2D eigenvalue weighted by molar-refractivity contribution is 0.0803. The molecule has 88 valence electrons. The van der Waals surface area contributed by atoms with Crippen molar-refractivity contribution in [3.63, 3.8) is 0 Å². The molecule has 16 heavy (non-hydrogen) atoms. The van der Waals surface area contributed by atoms with Crippen molar-refractivity contribution < 1.29 is 9.84 Å². The van der Waals surface area contributed by atoms with Crippen LogP contribution in [0, 0.1) is 6.92 Å². The van der Waals surface area contributed by atoms with Crippen LogP contribution in [0.1, 0.15) is 10.9 Å². The smallest absolute Gasteiger partial charge is 0.329 e. The predicted molar refractivity (Wildman–Crippen MR) is 59.5 cm³/mol. The van der Waals surface area contributed by atoms with Crippen LogP contribution in [0.2, 0.25) is 0 Å². The minimum Gasteiger partial charge on any atom is -0.393 e. The zero-order valence-electron chi connectivity index (χ0n) is 8.67. The Morgan fingerprint density at radius 1 is 1.69 bits per heavy atom. The van der Waals surface area contributed by atoms with Gasteiger partial charge in [0.15, 0.2) is 0 Å². The van der Waals surface area contributed by atoms with E-state index in [1.54, 1.807) is 6.92 Å². The third-order valence-electron chi connectivity index (χ3n) is 2.34. The summed E-state index contributed by atoms with van der Waals surface area (Å²) >= 11 is 1.36. The number of nitrogens with zero attached hydrogens (tertiary/aromatic N) is 1. The number of H-pyrrole nitrogens is 1. The Morgan fingerprint density at radius 3 is 3.06 bits per heavy atom. The molecule has 0 radical (unpaired) electrons. The van der Waals surface area contributed by atoms with E-state index in [2.05, 4.69) is 4.98 Å². The molecular weight excluding hydrogens is 232 g/mol. The normalized spacial score (nSPS) is 24.9. The van der Waals surface area contributed by atoms with Crippen LogP contribution >= 0.6 is 11.8 Å². The Balaban J connectivity index is 2.32. The SMILES string of the molecule is Cc1cn([C@@H]2COC(CO)S2)c(=O)[nH]c1=O. The lowest BCUT2D eigenvalue weighted by Gasteiger charge is -2.11. The molecule has 2 atom stereocenters. The molecule has 0 aromatic carbocycles. The average Bonchev–Trinajstić information content (AvgIpc) is 2.71. The molecule has 0 bridgehead atoms. The summed E-state index contributed by atoms with van der Waals surface area (Å²) in [6.07, 6.45) is 1.52. The molecule has 1 unspecified atom stereocenters. The fourth-order valence-corrected chi connectivity index (χ4v) is 2.52. The number of nitrogens with one attached hydrogen (secondary N) is 1. The van der Waals surface area contributed by atoms with Crippen LogP contribution in [-0.2, 0) is 4.74 Å². The molecule has 0 amide bonds. The van der Waals surface area contributed by atoms with Crippen molar-refractivity contribution in [3.8, 4) is 0 Å². The van der Waals surface area contributed by atoms with E-state index in [0.717, 1.165) is 0 Å². The molecule has 6 nitrogen and oxygen atoms in total. The minimum atomic E-state index is -0.449. The monoisotopic (exact) mass is 244 g/mol. The van der Waals surface area contributed by atoms with Crippen molar-refractivity contribution >= 4 is 11.8 Å². The Labute approximate surface area is 95.3 Å². The summed E-state index contributed by atoms with van der Waals surface area (Å²) in [5, 5.41) is 8.71. The van der Waals surface area contributed by atoms with Crippen molar-refractivity contribution in [2.75, 3.05) is 13.2 Å². The maximum absolute atomic E-state index is 11.6. The van der Waals surface area contributed by atoms with Gasteiger partial charge in [0, 0.05) is 11.8 Å². The fourth-order valence-electron chi connectivity index (χ4n) is 1.49. The molecule has 1 aromatic heterocycles. The van der Waals surface area contributed by atoms with Gasteiger partial charge in [0.1, 0.15) is 10.8 Å². The molecular formula is C9H12N2O4S. The molecule has 0 saturated carbocycles. The maximum atomic E-state index is 11.6. The molecule has 1 aromatic rings. The molecule has 1 saturated heterocycles. The first-order valence-corrected chi connectivity index (χ1v) is 5.76. The zero-order valence-corrected chi connectivity index (χ0v) is 9.49. The van der Waals surface area contributed by atoms with E-state index in [4.69, 9.17) is 9.84 Å². The second kappa shape index (κ2) is 4.44. The predicted octanol–water partition coefficient (Wildman–Crippen LogP) is -0.575. The molecule has 2 N–H and O–H groups in total. The quantitative estimate of drug-likeness (QED) is 0.727. The van der Waals surface area contributed by atoms with E-state index in [0.29, 0.717) is 12.2 Å². The van der Waals surface area contributed by atoms with Gasteiger partial charge in [0.05, 0.1) is 13.2 Å². The van der Waals surface area contributed by atoms with E-state index >= 15 is 0 Å². The first kappa shape index (κ1) is 11.4. The van der Waals surface area contributed by atoms with Crippen molar-refractivity contribution in [2.24, 2.45) is 0 Å². The number of rotatable bonds is 2. The lowest BCUT2D eigenvalue weighted by atomic mass is 10.4. The van der Waals surface area contributed by atoms with Gasteiger partial charge in [-0.15, -0.1) is 11.8 Å². The molecule has 7 heteroatoms. The second-order valence-electron chi connectivity index (χ2n) is 3.51. The van der Waals surface area contributed by atoms with Gasteiger partial charge < -0.3 is 9.84 Å². The summed E-state index contributed by atoms with van der Waals surface area (Å²) in [5.41, 5.74) is -0.643. The number of aromatic nitrogens is 2. The van der Waals surface area contributed by atoms with Crippen LogP contribution in [0.4, 0.5) is 0 Å². The summed E-state index contributed by atoms with van der Waals surface area (Å²) < 4.78 is 6.68. The van der Waals surface area contributed by atoms with Crippen LogP contribution in [-0.4, -0.2) is 33.3 Å². The summed E-state index contributed by atoms with van der Waals surface area (Å²) in [4.78, 5) is 25.0. The average molecular weight is 244 g/mol. The van der Waals surface area contributed by atoms with E-state index < -0.39 is 5.69 Å². The van der Waals surface area contributed by atoms with Gasteiger partial charge in [-0.25, -0.2) is 4.79 Å². The van der Waals surface area contributed by atoms with Crippen LogP contribution in [0.25, 0.3) is 0 Å². The summed E-state index contributed by atoms with van der Waals surface area (Å²) in [6, 6.07) is 0. The number of ether oxygens (including phenoxy) is 1. The van der Waals surface area contributed by atoms with Gasteiger partial charge in [-0.05, 0) is 6.92 Å². The van der Waals surface area contributed by atoms with Gasteiger partial charge in [-0.3, -0.25) is 14.3 Å². The van der Waals surface area contributed by atoms with E-state index in [9.17, 15) is 9.59 Å². The number of hydrogen-bond donors (Lipinski definition) is 2. The van der Waals surface area contributed by atoms with Crippen molar-refractivity contribution in [1.82, 2.24) is 9.55 Å². The van der Waals surface area contributed by atoms with Crippen LogP contribution in [0.5, 0.6) is 0 Å². The Morgan fingerprint density at radius 2 is 2.44 bits per heavy atom. The molecule has 1 aliphatic rings. The Hall–Kier alpha value is -1.05. The highest BCUT2D eigenvalue weighted by Crippen LogP contribution is 2.33. The largest absolute Gasteiger partial charge is 0.393 e. The molecule has 0 spiro atoms. The van der Waals surface area contributed by atoms with Gasteiger partial charge in [-0.2, -0.15) is 0 Å². The van der Waals surface area contributed by atoms with Gasteiger partial charge >= 0.3 is 5.69 Å². The van der Waals surface area contributed by atoms with E-state index in [1.807, 2.05) is 0 Å². The molecule has 0 aliphatic carbocycles. The van der Waals surface area contributed by atoms with Crippen molar-refractivity contribution in [3.05, 3.63) is 32.6 Å². The third kappa shape index (κ3) is 2.06. The summed E-state index contributed by atoms with van der Waals surface area (Å²) in [7, 11) is 0. The lowest BCUT2D eigenvalue weighted by Crippen LogP contribution is -2.32. The summed E-state index contributed by atoms with van der Waals surface area (Å²) in [5.74, 6) is 0. The molecule has 2 heterocycles. The second-order valence-corrected chi connectivity index (χ2v) is 4.86. The number of aryl methyl sites for hydroxylation is 1. The highest BCUT2D eigenvalue weighted by Gasteiger charge is 2.27. The molecule has 1 aliphatic heterocycles. The van der Waals surface area contributed by atoms with Crippen LogP contribution < -0.4 is 11.2 Å². The first-order chi connectivity index (χ1) is 7.61. The minimum absolute atomic E-state index is 0.0851. The number of aliphatic hydroxyl groups excluding tert-OH is 1. The fraction of sp³-hybridized carbons (Fsp3) is 0.556. The highest BCUT2D eigenvalue weighted by molar-refractivity contribution is 8.00. The highest BCUT2D eigenvalue weighted by atomic mass is 32.2. The van der Waals surface area contributed by atoms with Crippen molar-refractivity contribution in [2.45, 2.75) is 17.7 Å². The van der Waals surface area contributed by atoms with Crippen LogP contribution in [0.3, 0.4) is 0 Å². The maximum Gasteiger partial charge on any atom is 0.329 e. The Bertz CT molecular complexity index is 495. The van der Waals surface area contributed by atoms with Gasteiger partial charge in [0.25, 0.3) is 5.56 Å². The van der Waals surface area contributed by atoms with E-state index in [-0.39, 0.29) is 23.0 Å². The molecule has 2 rings (SSSR count).